The molecule has 5 heteroatoms. The lowest BCUT2D eigenvalue weighted by molar-refractivity contribution is -0.132. The van der Waals surface area contributed by atoms with Crippen LogP contribution in [0, 0.1) is 0 Å². The van der Waals surface area contributed by atoms with Gasteiger partial charge >= 0.3 is 0 Å². The van der Waals surface area contributed by atoms with Crippen molar-refractivity contribution in [2.45, 2.75) is 26.7 Å². The molecule has 0 radical (unpaired) electrons. The van der Waals surface area contributed by atoms with Crippen LogP contribution in [-0.4, -0.2) is 86.6 Å². The van der Waals surface area contributed by atoms with Gasteiger partial charge in [-0.15, -0.1) is 0 Å². The minimum atomic E-state index is 0.268. The normalized spacial score (nSPS) is 17.4. The standard InChI is InChI=1S/C15H32N4O/c1-4-6-8-17-10-12-18(13-11-17)14-15(20)19(5-2)9-7-16-3/h16H,4-14H2,1-3H3. The zero-order valence-corrected chi connectivity index (χ0v) is 13.5. The van der Waals surface area contributed by atoms with Gasteiger partial charge in [-0.25, -0.2) is 0 Å². The molecule has 0 aromatic carbocycles. The third-order valence-corrected chi connectivity index (χ3v) is 4.02. The maximum atomic E-state index is 12.2. The Morgan fingerprint density at radius 2 is 1.80 bits per heavy atom. The summed E-state index contributed by atoms with van der Waals surface area (Å²) in [7, 11) is 1.92. The minimum Gasteiger partial charge on any atom is -0.341 e. The van der Waals surface area contributed by atoms with Gasteiger partial charge in [0, 0.05) is 45.8 Å². The smallest absolute Gasteiger partial charge is 0.236 e. The molecule has 1 saturated heterocycles. The van der Waals surface area contributed by atoms with Crippen LogP contribution in [0.3, 0.4) is 0 Å². The number of nitrogens with zero attached hydrogens (tertiary/aromatic N) is 3. The average Bonchev–Trinajstić information content (AvgIpc) is 2.47. The second-order valence-corrected chi connectivity index (χ2v) is 5.55. The Labute approximate surface area is 124 Å². The summed E-state index contributed by atoms with van der Waals surface area (Å²) in [6.07, 6.45) is 2.54. The number of rotatable bonds is 9. The van der Waals surface area contributed by atoms with E-state index in [1.54, 1.807) is 0 Å². The molecule has 0 unspecified atom stereocenters. The van der Waals surface area contributed by atoms with E-state index in [0.717, 1.165) is 45.8 Å². The van der Waals surface area contributed by atoms with Gasteiger partial charge in [-0.2, -0.15) is 0 Å². The Bertz CT molecular complexity index is 265. The molecule has 118 valence electrons. The summed E-state index contributed by atoms with van der Waals surface area (Å²) in [5.74, 6) is 0.268. The number of carbonyl (C=O) groups excluding carboxylic acids is 1. The van der Waals surface area contributed by atoms with E-state index in [0.29, 0.717) is 6.54 Å². The molecular weight excluding hydrogens is 252 g/mol. The van der Waals surface area contributed by atoms with Crippen molar-refractivity contribution in [3.63, 3.8) is 0 Å². The summed E-state index contributed by atoms with van der Waals surface area (Å²) in [5, 5.41) is 3.10. The molecule has 0 bridgehead atoms. The Balaban J connectivity index is 2.26. The number of likely N-dealkylation sites (N-methyl/N-ethyl adjacent to an activating group) is 2. The minimum absolute atomic E-state index is 0.268. The Morgan fingerprint density at radius 1 is 1.15 bits per heavy atom. The Kier molecular flexibility index (Phi) is 8.82. The largest absolute Gasteiger partial charge is 0.341 e. The molecule has 0 saturated carbocycles. The summed E-state index contributed by atoms with van der Waals surface area (Å²) in [5.41, 5.74) is 0. The van der Waals surface area contributed by atoms with Gasteiger partial charge in [-0.3, -0.25) is 9.69 Å². The van der Waals surface area contributed by atoms with Crippen molar-refractivity contribution >= 4 is 5.91 Å². The number of unbranched alkanes of at least 4 members (excludes halogenated alkanes) is 1. The topological polar surface area (TPSA) is 38.8 Å². The monoisotopic (exact) mass is 284 g/mol. The van der Waals surface area contributed by atoms with Crippen LogP contribution in [0.5, 0.6) is 0 Å². The molecule has 1 rings (SSSR count). The van der Waals surface area contributed by atoms with E-state index in [9.17, 15) is 4.79 Å². The summed E-state index contributed by atoms with van der Waals surface area (Å²) < 4.78 is 0. The number of amides is 1. The highest BCUT2D eigenvalue weighted by Crippen LogP contribution is 2.04. The number of nitrogens with one attached hydrogen (secondary N) is 1. The van der Waals surface area contributed by atoms with Crippen LogP contribution in [0.1, 0.15) is 26.7 Å². The molecular formula is C15H32N4O. The molecule has 0 atom stereocenters. The van der Waals surface area contributed by atoms with Crippen molar-refractivity contribution in [3.8, 4) is 0 Å². The number of carbonyl (C=O) groups is 1. The Hall–Kier alpha value is -0.650. The molecule has 0 aromatic heterocycles. The SMILES string of the molecule is CCCCN1CCN(CC(=O)N(CC)CCNC)CC1. The highest BCUT2D eigenvalue weighted by molar-refractivity contribution is 5.78. The zero-order valence-electron chi connectivity index (χ0n) is 13.5. The van der Waals surface area contributed by atoms with Gasteiger partial charge in [0.1, 0.15) is 0 Å². The van der Waals surface area contributed by atoms with Gasteiger partial charge in [-0.05, 0) is 26.9 Å². The van der Waals surface area contributed by atoms with Crippen LogP contribution in [0.15, 0.2) is 0 Å². The van der Waals surface area contributed by atoms with E-state index < -0.39 is 0 Å². The summed E-state index contributed by atoms with van der Waals surface area (Å²) in [6, 6.07) is 0. The zero-order chi connectivity index (χ0) is 14.8. The van der Waals surface area contributed by atoms with Crippen LogP contribution in [-0.2, 0) is 4.79 Å². The Morgan fingerprint density at radius 3 is 2.35 bits per heavy atom. The fraction of sp³-hybridized carbons (Fsp3) is 0.933. The molecule has 0 aromatic rings. The first kappa shape index (κ1) is 17.4. The van der Waals surface area contributed by atoms with E-state index in [1.807, 2.05) is 11.9 Å². The molecule has 1 N–H and O–H groups in total. The highest BCUT2D eigenvalue weighted by atomic mass is 16.2. The fourth-order valence-electron chi connectivity index (χ4n) is 2.55. The van der Waals surface area contributed by atoms with Gasteiger partial charge < -0.3 is 15.1 Å². The van der Waals surface area contributed by atoms with Crippen molar-refractivity contribution in [2.24, 2.45) is 0 Å². The molecule has 0 spiro atoms. The molecule has 1 heterocycles. The maximum absolute atomic E-state index is 12.2. The van der Waals surface area contributed by atoms with Crippen LogP contribution < -0.4 is 5.32 Å². The van der Waals surface area contributed by atoms with Crippen molar-refractivity contribution in [1.29, 1.82) is 0 Å². The van der Waals surface area contributed by atoms with Gasteiger partial charge in [0.05, 0.1) is 6.54 Å². The lowest BCUT2D eigenvalue weighted by Gasteiger charge is -2.35. The van der Waals surface area contributed by atoms with Gasteiger partial charge in [-0.1, -0.05) is 13.3 Å². The molecule has 0 aliphatic carbocycles. The third-order valence-electron chi connectivity index (χ3n) is 4.02. The molecule has 1 aliphatic heterocycles. The van der Waals surface area contributed by atoms with E-state index >= 15 is 0 Å². The third kappa shape index (κ3) is 6.20. The van der Waals surface area contributed by atoms with Crippen LogP contribution in [0.2, 0.25) is 0 Å². The number of hydrogen-bond donors (Lipinski definition) is 1. The van der Waals surface area contributed by atoms with E-state index in [4.69, 9.17) is 0 Å². The van der Waals surface area contributed by atoms with Crippen molar-refractivity contribution in [1.82, 2.24) is 20.0 Å². The number of hydrogen-bond acceptors (Lipinski definition) is 4. The molecule has 5 nitrogen and oxygen atoms in total. The van der Waals surface area contributed by atoms with Crippen molar-refractivity contribution < 1.29 is 4.79 Å². The molecule has 20 heavy (non-hydrogen) atoms. The highest BCUT2D eigenvalue weighted by Gasteiger charge is 2.20. The van der Waals surface area contributed by atoms with E-state index in [1.165, 1.54) is 19.4 Å². The molecule has 1 amide bonds. The van der Waals surface area contributed by atoms with Crippen molar-refractivity contribution in [3.05, 3.63) is 0 Å². The van der Waals surface area contributed by atoms with Gasteiger partial charge in [0.2, 0.25) is 5.91 Å². The number of piperazine rings is 1. The molecule has 1 fully saturated rings. The predicted octanol–water partition coefficient (Wildman–Crippen LogP) is 0.472. The first-order valence-electron chi connectivity index (χ1n) is 8.08. The quantitative estimate of drug-likeness (QED) is 0.668. The fourth-order valence-corrected chi connectivity index (χ4v) is 2.55. The van der Waals surface area contributed by atoms with Crippen LogP contribution >= 0.6 is 0 Å². The second-order valence-electron chi connectivity index (χ2n) is 5.55. The predicted molar refractivity (Wildman–Crippen MR) is 84.0 cm³/mol. The maximum Gasteiger partial charge on any atom is 0.236 e. The van der Waals surface area contributed by atoms with E-state index in [2.05, 4.69) is 29.0 Å². The van der Waals surface area contributed by atoms with E-state index in [-0.39, 0.29) is 5.91 Å². The average molecular weight is 284 g/mol. The van der Waals surface area contributed by atoms with Crippen molar-refractivity contribution in [2.75, 3.05) is 66.0 Å². The van der Waals surface area contributed by atoms with Crippen LogP contribution in [0.25, 0.3) is 0 Å². The lowest BCUT2D eigenvalue weighted by atomic mass is 10.2. The second kappa shape index (κ2) is 10.1. The van der Waals surface area contributed by atoms with Gasteiger partial charge in [0.25, 0.3) is 0 Å². The summed E-state index contributed by atoms with van der Waals surface area (Å²) in [4.78, 5) is 19.0. The first-order valence-corrected chi connectivity index (χ1v) is 8.08. The van der Waals surface area contributed by atoms with Crippen LogP contribution in [0.4, 0.5) is 0 Å². The lowest BCUT2D eigenvalue weighted by Crippen LogP contribution is -2.50. The summed E-state index contributed by atoms with van der Waals surface area (Å²) in [6.45, 7) is 12.8. The molecule has 1 aliphatic rings. The first-order chi connectivity index (χ1) is 9.71. The summed E-state index contributed by atoms with van der Waals surface area (Å²) >= 11 is 0. The van der Waals surface area contributed by atoms with Gasteiger partial charge in [0.15, 0.2) is 0 Å².